The van der Waals surface area contributed by atoms with Gasteiger partial charge in [0, 0.05) is 11.5 Å². The van der Waals surface area contributed by atoms with Crippen molar-refractivity contribution in [1.29, 1.82) is 0 Å². The summed E-state index contributed by atoms with van der Waals surface area (Å²) < 4.78 is 24.0. The van der Waals surface area contributed by atoms with E-state index in [0.717, 1.165) is 11.1 Å². The van der Waals surface area contributed by atoms with Gasteiger partial charge in [0.1, 0.15) is 18.2 Å². The molecule has 0 unspecified atom stereocenters. The first-order chi connectivity index (χ1) is 11.1. The van der Waals surface area contributed by atoms with E-state index >= 15 is 0 Å². The molecule has 4 nitrogen and oxygen atoms in total. The molecule has 0 amide bonds. The zero-order chi connectivity index (χ0) is 16.2. The smallest absolute Gasteiger partial charge is 0.229 e. The molecule has 0 bridgehead atoms. The topological polar surface area (TPSA) is 48.2 Å². The SMILES string of the molecule is CC(C)c1nc(-c2ccc(OCc3cccc(F)c3)cc2)no1. The minimum absolute atomic E-state index is 0.199. The Morgan fingerprint density at radius 2 is 1.91 bits per heavy atom. The first kappa shape index (κ1) is 15.2. The molecular formula is C18H17FN2O2. The van der Waals surface area contributed by atoms with E-state index in [2.05, 4.69) is 10.1 Å². The van der Waals surface area contributed by atoms with Crippen LogP contribution in [0.25, 0.3) is 11.4 Å². The molecule has 0 aliphatic rings. The van der Waals surface area contributed by atoms with E-state index < -0.39 is 0 Å². The fourth-order valence-electron chi connectivity index (χ4n) is 2.08. The van der Waals surface area contributed by atoms with Crippen molar-refractivity contribution >= 4 is 0 Å². The van der Waals surface area contributed by atoms with Gasteiger partial charge in [0.2, 0.25) is 11.7 Å². The fourth-order valence-corrected chi connectivity index (χ4v) is 2.08. The minimum atomic E-state index is -0.264. The molecule has 0 N–H and O–H groups in total. The van der Waals surface area contributed by atoms with E-state index in [9.17, 15) is 4.39 Å². The molecule has 0 fully saturated rings. The second-order valence-corrected chi connectivity index (χ2v) is 5.55. The number of ether oxygens (including phenoxy) is 1. The van der Waals surface area contributed by atoms with Gasteiger partial charge in [-0.1, -0.05) is 31.1 Å². The number of aromatic nitrogens is 2. The lowest BCUT2D eigenvalue weighted by Crippen LogP contribution is -1.95. The third-order valence-corrected chi connectivity index (χ3v) is 3.34. The van der Waals surface area contributed by atoms with Crippen molar-refractivity contribution < 1.29 is 13.7 Å². The van der Waals surface area contributed by atoms with Gasteiger partial charge in [-0.3, -0.25) is 0 Å². The van der Waals surface area contributed by atoms with Crippen LogP contribution in [0, 0.1) is 5.82 Å². The van der Waals surface area contributed by atoms with Crippen LogP contribution in [0.1, 0.15) is 31.2 Å². The van der Waals surface area contributed by atoms with Crippen LogP contribution in [-0.2, 0) is 6.61 Å². The number of halogens is 1. The summed E-state index contributed by atoms with van der Waals surface area (Å²) in [4.78, 5) is 4.35. The average molecular weight is 312 g/mol. The third-order valence-electron chi connectivity index (χ3n) is 3.34. The van der Waals surface area contributed by atoms with Gasteiger partial charge in [-0.25, -0.2) is 4.39 Å². The van der Waals surface area contributed by atoms with E-state index in [4.69, 9.17) is 9.26 Å². The van der Waals surface area contributed by atoms with Crippen molar-refractivity contribution in [3.8, 4) is 17.1 Å². The molecule has 118 valence electrons. The highest BCUT2D eigenvalue weighted by molar-refractivity contribution is 5.55. The molecule has 0 atom stereocenters. The van der Waals surface area contributed by atoms with Crippen LogP contribution in [0.4, 0.5) is 4.39 Å². The molecule has 1 heterocycles. The zero-order valence-electron chi connectivity index (χ0n) is 13.0. The molecule has 1 aromatic heterocycles. The summed E-state index contributed by atoms with van der Waals surface area (Å²) in [7, 11) is 0. The van der Waals surface area contributed by atoms with Gasteiger partial charge >= 0.3 is 0 Å². The van der Waals surface area contributed by atoms with E-state index in [-0.39, 0.29) is 11.7 Å². The molecular weight excluding hydrogens is 295 g/mol. The van der Waals surface area contributed by atoms with Crippen LogP contribution < -0.4 is 4.74 Å². The number of hydrogen-bond acceptors (Lipinski definition) is 4. The highest BCUT2D eigenvalue weighted by atomic mass is 19.1. The molecule has 0 saturated heterocycles. The lowest BCUT2D eigenvalue weighted by atomic mass is 10.2. The van der Waals surface area contributed by atoms with Crippen molar-refractivity contribution in [3.63, 3.8) is 0 Å². The van der Waals surface area contributed by atoms with Crippen molar-refractivity contribution in [1.82, 2.24) is 10.1 Å². The molecule has 23 heavy (non-hydrogen) atoms. The van der Waals surface area contributed by atoms with Crippen molar-refractivity contribution in [2.24, 2.45) is 0 Å². The highest BCUT2D eigenvalue weighted by Gasteiger charge is 2.11. The normalized spacial score (nSPS) is 11.0. The summed E-state index contributed by atoms with van der Waals surface area (Å²) in [6, 6.07) is 13.8. The first-order valence-corrected chi connectivity index (χ1v) is 7.43. The van der Waals surface area contributed by atoms with Crippen LogP contribution >= 0.6 is 0 Å². The van der Waals surface area contributed by atoms with Gasteiger partial charge < -0.3 is 9.26 Å². The lowest BCUT2D eigenvalue weighted by molar-refractivity contribution is 0.305. The molecule has 0 radical (unpaired) electrons. The van der Waals surface area contributed by atoms with Crippen LogP contribution in [0.3, 0.4) is 0 Å². The molecule has 0 aliphatic heterocycles. The summed E-state index contributed by atoms with van der Waals surface area (Å²) in [6.07, 6.45) is 0. The van der Waals surface area contributed by atoms with E-state index in [0.29, 0.717) is 24.1 Å². The van der Waals surface area contributed by atoms with Crippen LogP contribution in [0.2, 0.25) is 0 Å². The monoisotopic (exact) mass is 312 g/mol. The highest BCUT2D eigenvalue weighted by Crippen LogP contribution is 2.22. The van der Waals surface area contributed by atoms with Gasteiger partial charge in [-0.15, -0.1) is 0 Å². The Morgan fingerprint density at radius 3 is 2.57 bits per heavy atom. The Hall–Kier alpha value is -2.69. The number of hydrogen-bond donors (Lipinski definition) is 0. The maximum atomic E-state index is 13.1. The number of rotatable bonds is 5. The predicted octanol–water partition coefficient (Wildman–Crippen LogP) is 4.58. The fraction of sp³-hybridized carbons (Fsp3) is 0.222. The lowest BCUT2D eigenvalue weighted by Gasteiger charge is -2.06. The molecule has 0 saturated carbocycles. The van der Waals surface area contributed by atoms with Gasteiger partial charge in [-0.2, -0.15) is 4.98 Å². The van der Waals surface area contributed by atoms with E-state index in [1.807, 2.05) is 44.2 Å². The average Bonchev–Trinajstić information content (AvgIpc) is 3.04. The molecule has 0 spiro atoms. The molecule has 3 rings (SSSR count). The summed E-state index contributed by atoms with van der Waals surface area (Å²) in [5.41, 5.74) is 1.65. The Labute approximate surface area is 133 Å². The third kappa shape index (κ3) is 3.74. The number of nitrogens with zero attached hydrogens (tertiary/aromatic N) is 2. The minimum Gasteiger partial charge on any atom is -0.489 e. The zero-order valence-corrected chi connectivity index (χ0v) is 13.0. The van der Waals surface area contributed by atoms with Crippen LogP contribution in [0.15, 0.2) is 53.1 Å². The standard InChI is InChI=1S/C18H17FN2O2/c1-12(2)18-20-17(21-23-18)14-6-8-16(9-7-14)22-11-13-4-3-5-15(19)10-13/h3-10,12H,11H2,1-2H3. The maximum Gasteiger partial charge on any atom is 0.229 e. The van der Waals surface area contributed by atoms with Crippen LogP contribution in [0.5, 0.6) is 5.75 Å². The number of benzene rings is 2. The van der Waals surface area contributed by atoms with Gasteiger partial charge in [-0.05, 0) is 42.0 Å². The van der Waals surface area contributed by atoms with Crippen molar-refractivity contribution in [3.05, 3.63) is 65.8 Å². The first-order valence-electron chi connectivity index (χ1n) is 7.43. The molecule has 0 aliphatic carbocycles. The predicted molar refractivity (Wildman–Crippen MR) is 84.6 cm³/mol. The summed E-state index contributed by atoms with van der Waals surface area (Å²) in [5.74, 6) is 1.81. The van der Waals surface area contributed by atoms with Gasteiger partial charge in [0.15, 0.2) is 0 Å². The molecule has 5 heteroatoms. The van der Waals surface area contributed by atoms with Gasteiger partial charge in [0.25, 0.3) is 0 Å². The van der Waals surface area contributed by atoms with Gasteiger partial charge in [0.05, 0.1) is 0 Å². The Morgan fingerprint density at radius 1 is 1.13 bits per heavy atom. The summed E-state index contributed by atoms with van der Waals surface area (Å²) >= 11 is 0. The Bertz CT molecular complexity index is 782. The van der Waals surface area contributed by atoms with Crippen molar-refractivity contribution in [2.45, 2.75) is 26.4 Å². The second kappa shape index (κ2) is 6.60. The van der Waals surface area contributed by atoms with Crippen molar-refractivity contribution in [2.75, 3.05) is 0 Å². The molecule has 2 aromatic carbocycles. The van der Waals surface area contributed by atoms with E-state index in [1.165, 1.54) is 12.1 Å². The summed E-state index contributed by atoms with van der Waals surface area (Å²) in [6.45, 7) is 4.32. The van der Waals surface area contributed by atoms with Crippen LogP contribution in [-0.4, -0.2) is 10.1 Å². The quantitative estimate of drug-likeness (QED) is 0.692. The Kier molecular flexibility index (Phi) is 4.37. The largest absolute Gasteiger partial charge is 0.489 e. The maximum absolute atomic E-state index is 13.1. The van der Waals surface area contributed by atoms with E-state index in [1.54, 1.807) is 6.07 Å². The Balaban J connectivity index is 1.67. The summed E-state index contributed by atoms with van der Waals surface area (Å²) in [5, 5.41) is 3.97. The molecule has 3 aromatic rings. The second-order valence-electron chi connectivity index (χ2n) is 5.55.